The Morgan fingerprint density at radius 1 is 0.583 bits per heavy atom. The monoisotopic (exact) mass is 769 g/mol. The number of aliphatic imine (C=N–C) groups is 1. The third-order valence-corrected chi connectivity index (χ3v) is 13.0. The number of hydrogen-bond donors (Lipinski definition) is 1. The summed E-state index contributed by atoms with van der Waals surface area (Å²) in [5.74, 6) is 1.74. The van der Waals surface area contributed by atoms with E-state index in [2.05, 4.69) is 222 Å². The molecular formula is C56H41N4+. The molecule has 0 bridgehead atoms. The van der Waals surface area contributed by atoms with Crippen LogP contribution in [-0.4, -0.2) is 15.0 Å². The molecule has 8 aromatic carbocycles. The molecule has 4 nitrogen and oxygen atoms in total. The third kappa shape index (κ3) is 5.24. The molecule has 0 fully saturated rings. The Hall–Kier alpha value is -7.53. The Balaban J connectivity index is 1.05. The first-order chi connectivity index (χ1) is 29.5. The lowest BCUT2D eigenvalue weighted by Gasteiger charge is -2.39. The van der Waals surface area contributed by atoms with E-state index in [1.165, 1.54) is 59.9 Å². The number of benzene rings is 8. The second kappa shape index (κ2) is 13.3. The average molecular weight is 770 g/mol. The number of amidine groups is 1. The lowest BCUT2D eigenvalue weighted by Crippen LogP contribution is -2.82. The van der Waals surface area contributed by atoms with Crippen LogP contribution >= 0.6 is 0 Å². The SMILES string of the molecule is C=C(N=C([NH2+]c1ccccc1)C1=CC2C=CC=CC2(C)c2ccccc21)n1c2ccccc2c2cc3ccc(-n4c5ccccc5c5cc6ccccc6cc54)cc3cc21. The summed E-state index contributed by atoms with van der Waals surface area (Å²) < 4.78 is 4.67. The van der Waals surface area contributed by atoms with Gasteiger partial charge in [-0.3, -0.25) is 9.88 Å². The number of nitrogens with zero attached hydrogens (tertiary/aromatic N) is 3. The predicted octanol–water partition coefficient (Wildman–Crippen LogP) is 13.0. The predicted molar refractivity (Wildman–Crippen MR) is 253 cm³/mol. The zero-order valence-corrected chi connectivity index (χ0v) is 33.3. The van der Waals surface area contributed by atoms with Crippen molar-refractivity contribution in [3.05, 3.63) is 218 Å². The summed E-state index contributed by atoms with van der Waals surface area (Å²) in [5, 5.41) is 11.9. The largest absolute Gasteiger partial charge is 0.309 e. The van der Waals surface area contributed by atoms with Crippen LogP contribution in [0.1, 0.15) is 18.1 Å². The molecule has 0 saturated carbocycles. The van der Waals surface area contributed by atoms with Gasteiger partial charge in [0.15, 0.2) is 0 Å². The van der Waals surface area contributed by atoms with Crippen molar-refractivity contribution in [1.29, 1.82) is 0 Å². The Morgan fingerprint density at radius 2 is 1.23 bits per heavy atom. The minimum Gasteiger partial charge on any atom is -0.309 e. The lowest BCUT2D eigenvalue weighted by molar-refractivity contribution is -0.440. The number of nitrogens with two attached hydrogens (primary N) is 1. The summed E-state index contributed by atoms with van der Waals surface area (Å²) in [7, 11) is 0. The van der Waals surface area contributed by atoms with Crippen molar-refractivity contribution in [3.63, 3.8) is 0 Å². The second-order valence-electron chi connectivity index (χ2n) is 16.5. The summed E-state index contributed by atoms with van der Waals surface area (Å²) in [6, 6.07) is 61.6. The zero-order valence-electron chi connectivity index (χ0n) is 33.3. The highest BCUT2D eigenvalue weighted by molar-refractivity contribution is 6.21. The molecule has 0 radical (unpaired) electrons. The summed E-state index contributed by atoms with van der Waals surface area (Å²) in [4.78, 5) is 5.54. The van der Waals surface area contributed by atoms with E-state index < -0.39 is 0 Å². The fourth-order valence-corrected chi connectivity index (χ4v) is 10.0. The van der Waals surface area contributed by atoms with Gasteiger partial charge in [0, 0.05) is 38.6 Å². The smallest absolute Gasteiger partial charge is 0.238 e. The van der Waals surface area contributed by atoms with Crippen molar-refractivity contribution in [2.75, 3.05) is 0 Å². The van der Waals surface area contributed by atoms with Crippen molar-refractivity contribution in [3.8, 4) is 5.69 Å². The zero-order chi connectivity index (χ0) is 40.0. The van der Waals surface area contributed by atoms with Crippen LogP contribution in [0.2, 0.25) is 0 Å². The van der Waals surface area contributed by atoms with E-state index in [0.29, 0.717) is 5.82 Å². The van der Waals surface area contributed by atoms with Gasteiger partial charge in [0.1, 0.15) is 11.5 Å². The maximum atomic E-state index is 5.54. The van der Waals surface area contributed by atoms with Crippen LogP contribution in [0.4, 0.5) is 5.69 Å². The normalized spacial score (nSPS) is 17.5. The van der Waals surface area contributed by atoms with Gasteiger partial charge < -0.3 is 4.57 Å². The van der Waals surface area contributed by atoms with Crippen LogP contribution in [0.5, 0.6) is 0 Å². The average Bonchev–Trinajstić information content (AvgIpc) is 3.79. The Kier molecular flexibility index (Phi) is 7.62. The highest BCUT2D eigenvalue weighted by Crippen LogP contribution is 2.46. The molecule has 0 aliphatic heterocycles. The molecule has 2 atom stereocenters. The third-order valence-electron chi connectivity index (χ3n) is 13.0. The van der Waals surface area contributed by atoms with Crippen LogP contribution in [0.3, 0.4) is 0 Å². The number of aromatic nitrogens is 2. The Morgan fingerprint density at radius 3 is 2.07 bits per heavy atom. The number of hydrogen-bond acceptors (Lipinski definition) is 1. The molecule has 4 heteroatoms. The number of allylic oxidation sites excluding steroid dienone is 5. The Labute approximate surface area is 348 Å². The van der Waals surface area contributed by atoms with Crippen LogP contribution in [0.25, 0.3) is 82.2 Å². The molecular weight excluding hydrogens is 729 g/mol. The summed E-state index contributed by atoms with van der Waals surface area (Å²) >= 11 is 0. The minimum absolute atomic E-state index is 0.135. The lowest BCUT2D eigenvalue weighted by atomic mass is 9.64. The molecule has 2 aliphatic rings. The van der Waals surface area contributed by atoms with E-state index in [4.69, 9.17) is 11.6 Å². The van der Waals surface area contributed by atoms with Gasteiger partial charge in [0.2, 0.25) is 5.84 Å². The highest BCUT2D eigenvalue weighted by Gasteiger charge is 2.39. The number of para-hydroxylation sites is 3. The first-order valence-electron chi connectivity index (χ1n) is 20.8. The number of fused-ring (bicyclic) bond motifs is 11. The fourth-order valence-electron chi connectivity index (χ4n) is 10.0. The maximum absolute atomic E-state index is 5.54. The van der Waals surface area contributed by atoms with Crippen LogP contribution < -0.4 is 5.32 Å². The van der Waals surface area contributed by atoms with Gasteiger partial charge in [-0.25, -0.2) is 0 Å². The molecule has 12 rings (SSSR count). The topological polar surface area (TPSA) is 38.8 Å². The number of quaternary nitrogens is 1. The van der Waals surface area contributed by atoms with Crippen molar-refractivity contribution >= 4 is 88.1 Å². The molecule has 2 aliphatic carbocycles. The summed E-state index contributed by atoms with van der Waals surface area (Å²) in [6.45, 7) is 7.10. The van der Waals surface area contributed by atoms with Gasteiger partial charge >= 0.3 is 0 Å². The van der Waals surface area contributed by atoms with Crippen molar-refractivity contribution < 1.29 is 5.32 Å². The van der Waals surface area contributed by atoms with E-state index in [1.807, 2.05) is 0 Å². The quantitative estimate of drug-likeness (QED) is 0.103. The molecule has 2 aromatic heterocycles. The van der Waals surface area contributed by atoms with Crippen molar-refractivity contribution in [1.82, 2.24) is 9.13 Å². The minimum atomic E-state index is -0.135. The Bertz CT molecular complexity index is 3560. The molecule has 0 saturated heterocycles. The van der Waals surface area contributed by atoms with E-state index in [1.54, 1.807) is 0 Å². The van der Waals surface area contributed by atoms with Gasteiger partial charge in [0.25, 0.3) is 0 Å². The van der Waals surface area contributed by atoms with E-state index in [9.17, 15) is 0 Å². The highest BCUT2D eigenvalue weighted by atomic mass is 15.1. The molecule has 0 spiro atoms. The summed E-state index contributed by atoms with van der Waals surface area (Å²) in [5.41, 5.74) is 10.3. The molecule has 2 unspecified atom stereocenters. The van der Waals surface area contributed by atoms with E-state index >= 15 is 0 Å². The molecule has 60 heavy (non-hydrogen) atoms. The van der Waals surface area contributed by atoms with Gasteiger partial charge in [-0.2, -0.15) is 4.99 Å². The van der Waals surface area contributed by atoms with E-state index in [0.717, 1.165) is 39.2 Å². The molecule has 10 aromatic rings. The first kappa shape index (κ1) is 34.5. The number of rotatable bonds is 5. The standard InChI is InChI=1S/C56H40N4/c1-36(57-55(58-42-19-4-3-5-20-42)49-35-41-18-14-15-29-56(41,2)50-24-11-8-21-44(49)50)59-51-25-12-9-22-45(51)47-32-39-27-28-43(30-40(39)34-53(47)59)60-52-26-13-10-23-46(52)48-31-37-16-6-7-17-38(37)33-54(48)60/h3-35,41H,1H2,2H3,(H,57,58)/p+1. The molecule has 2 heterocycles. The van der Waals surface area contributed by atoms with Crippen LogP contribution in [0, 0.1) is 5.92 Å². The van der Waals surface area contributed by atoms with Gasteiger partial charge in [-0.15, -0.1) is 0 Å². The summed E-state index contributed by atoms with van der Waals surface area (Å²) in [6.07, 6.45) is 11.4. The van der Waals surface area contributed by atoms with Gasteiger partial charge in [0.05, 0.1) is 27.6 Å². The second-order valence-corrected chi connectivity index (χ2v) is 16.5. The van der Waals surface area contributed by atoms with Crippen molar-refractivity contribution in [2.45, 2.75) is 12.3 Å². The van der Waals surface area contributed by atoms with Gasteiger partial charge in [-0.1, -0.05) is 153 Å². The van der Waals surface area contributed by atoms with Crippen LogP contribution in [0.15, 0.2) is 212 Å². The maximum Gasteiger partial charge on any atom is 0.238 e. The van der Waals surface area contributed by atoms with E-state index in [-0.39, 0.29) is 11.3 Å². The molecule has 2 N–H and O–H groups in total. The van der Waals surface area contributed by atoms with Crippen LogP contribution in [-0.2, 0) is 5.41 Å². The molecule has 0 amide bonds. The molecule has 284 valence electrons. The van der Waals surface area contributed by atoms with Gasteiger partial charge in [-0.05, 0) is 93.3 Å². The van der Waals surface area contributed by atoms with Crippen molar-refractivity contribution in [2.24, 2.45) is 10.9 Å². The first-order valence-corrected chi connectivity index (χ1v) is 20.8. The fraction of sp³-hybridized carbons (Fsp3) is 0.0536.